The van der Waals surface area contributed by atoms with Crippen molar-refractivity contribution >= 4 is 23.7 Å². The van der Waals surface area contributed by atoms with E-state index in [0.29, 0.717) is 13.0 Å². The number of hydrogen-bond acceptors (Lipinski definition) is 2. The van der Waals surface area contributed by atoms with Crippen LogP contribution in [0.5, 0.6) is 0 Å². The second-order valence-electron chi connectivity index (χ2n) is 3.99. The Kier molecular flexibility index (Phi) is 6.47. The molecule has 4 heteroatoms. The Hall–Kier alpha value is -2.00. The van der Waals surface area contributed by atoms with E-state index in [1.165, 1.54) is 0 Å². The van der Waals surface area contributed by atoms with E-state index in [2.05, 4.69) is 5.32 Å². The fraction of sp³-hybridized carbons (Fsp3) is 0.133. The highest BCUT2D eigenvalue weighted by Crippen LogP contribution is 2.16. The number of nitrogens with one attached hydrogen (secondary N) is 1. The quantitative estimate of drug-likeness (QED) is 0.668. The van der Waals surface area contributed by atoms with Gasteiger partial charge in [-0.2, -0.15) is 0 Å². The average molecular weight is 277 g/mol. The van der Waals surface area contributed by atoms with E-state index >= 15 is 0 Å². The molecule has 0 aliphatic heterocycles. The third-order valence-corrected chi connectivity index (χ3v) is 2.84. The van der Waals surface area contributed by atoms with Crippen LogP contribution < -0.4 is 11.1 Å². The Balaban J connectivity index is 0.000000191. The largest absolute Gasteiger partial charge is 0.399 e. The molecule has 2 rings (SSSR count). The maximum Gasteiger partial charge on any atom is 0.207 e. The molecule has 100 valence electrons. The number of amides is 1. The van der Waals surface area contributed by atoms with E-state index < -0.39 is 0 Å². The summed E-state index contributed by atoms with van der Waals surface area (Å²) in [7, 11) is 0. The summed E-state index contributed by atoms with van der Waals surface area (Å²) >= 11 is 5.73. The maximum atomic E-state index is 9.87. The van der Waals surface area contributed by atoms with Gasteiger partial charge in [0.05, 0.1) is 0 Å². The van der Waals surface area contributed by atoms with Crippen LogP contribution in [-0.4, -0.2) is 6.41 Å². The fourth-order valence-electron chi connectivity index (χ4n) is 1.42. The van der Waals surface area contributed by atoms with Crippen molar-refractivity contribution in [3.05, 3.63) is 64.7 Å². The van der Waals surface area contributed by atoms with Crippen molar-refractivity contribution < 1.29 is 4.79 Å². The fourth-order valence-corrected chi connectivity index (χ4v) is 1.54. The molecule has 1 amide bonds. The lowest BCUT2D eigenvalue weighted by molar-refractivity contribution is -0.109. The van der Waals surface area contributed by atoms with Crippen molar-refractivity contribution in [1.29, 1.82) is 0 Å². The van der Waals surface area contributed by atoms with Gasteiger partial charge in [0.25, 0.3) is 0 Å². The van der Waals surface area contributed by atoms with Crippen LogP contribution >= 0.6 is 11.6 Å². The summed E-state index contributed by atoms with van der Waals surface area (Å²) in [5.41, 5.74) is 8.37. The van der Waals surface area contributed by atoms with E-state index in [1.54, 1.807) is 12.1 Å². The van der Waals surface area contributed by atoms with Gasteiger partial charge >= 0.3 is 0 Å². The first-order valence-corrected chi connectivity index (χ1v) is 6.24. The van der Waals surface area contributed by atoms with E-state index in [1.807, 2.05) is 43.3 Å². The lowest BCUT2D eigenvalue weighted by atomic mass is 10.2. The highest BCUT2D eigenvalue weighted by atomic mass is 35.5. The Bertz CT molecular complexity index is 515. The molecule has 0 unspecified atom stereocenters. The predicted octanol–water partition coefficient (Wildman–Crippen LogP) is 3.16. The molecule has 0 aliphatic rings. The monoisotopic (exact) mass is 276 g/mol. The molecule has 3 nitrogen and oxygen atoms in total. The molecule has 0 bridgehead atoms. The van der Waals surface area contributed by atoms with Crippen molar-refractivity contribution in [3.63, 3.8) is 0 Å². The third-order valence-electron chi connectivity index (χ3n) is 2.41. The van der Waals surface area contributed by atoms with Crippen LogP contribution in [0.3, 0.4) is 0 Å². The molecular formula is C15H17ClN2O. The summed E-state index contributed by atoms with van der Waals surface area (Å²) in [5.74, 6) is 0. The first-order valence-electron chi connectivity index (χ1n) is 5.86. The molecule has 2 aromatic rings. The van der Waals surface area contributed by atoms with Gasteiger partial charge in [0.2, 0.25) is 6.41 Å². The predicted molar refractivity (Wildman–Crippen MR) is 79.9 cm³/mol. The van der Waals surface area contributed by atoms with E-state index in [-0.39, 0.29) is 0 Å². The number of nitrogens with two attached hydrogens (primary N) is 1. The van der Waals surface area contributed by atoms with Crippen molar-refractivity contribution in [2.45, 2.75) is 13.5 Å². The molecule has 0 saturated heterocycles. The van der Waals surface area contributed by atoms with Gasteiger partial charge in [0, 0.05) is 17.3 Å². The maximum absolute atomic E-state index is 9.87. The normalized spacial score (nSPS) is 9.16. The summed E-state index contributed by atoms with van der Waals surface area (Å²) < 4.78 is 0. The van der Waals surface area contributed by atoms with Crippen LogP contribution in [0.15, 0.2) is 48.5 Å². The van der Waals surface area contributed by atoms with Crippen LogP contribution in [0, 0.1) is 6.92 Å². The van der Waals surface area contributed by atoms with Crippen molar-refractivity contribution in [3.8, 4) is 0 Å². The SMILES string of the molecule is Cc1cc(N)ccc1Cl.O=CNCc1ccccc1. The van der Waals surface area contributed by atoms with Crippen LogP contribution in [-0.2, 0) is 11.3 Å². The minimum absolute atomic E-state index is 0.615. The smallest absolute Gasteiger partial charge is 0.207 e. The minimum atomic E-state index is 0.615. The van der Waals surface area contributed by atoms with Crippen LogP contribution in [0.2, 0.25) is 5.02 Å². The number of aryl methyl sites for hydroxylation is 1. The standard InChI is InChI=1S/C8H9NO.C7H8ClN/c10-7-9-6-8-4-2-1-3-5-8;1-5-4-6(9)2-3-7(5)8/h1-5,7H,6H2,(H,9,10);2-4H,9H2,1H3. The second kappa shape index (κ2) is 8.16. The Morgan fingerprint density at radius 2 is 1.89 bits per heavy atom. The van der Waals surface area contributed by atoms with Crippen molar-refractivity contribution in [1.82, 2.24) is 5.32 Å². The highest BCUT2D eigenvalue weighted by molar-refractivity contribution is 6.31. The number of rotatable bonds is 3. The number of nitrogen functional groups attached to an aromatic ring is 1. The molecular weight excluding hydrogens is 260 g/mol. The molecule has 0 aromatic heterocycles. The summed E-state index contributed by atoms with van der Waals surface area (Å²) in [6.45, 7) is 2.54. The van der Waals surface area contributed by atoms with Gasteiger partial charge in [-0.15, -0.1) is 0 Å². The van der Waals surface area contributed by atoms with E-state index in [4.69, 9.17) is 17.3 Å². The summed E-state index contributed by atoms with van der Waals surface area (Å²) in [4.78, 5) is 9.87. The van der Waals surface area contributed by atoms with Gasteiger partial charge in [-0.1, -0.05) is 41.9 Å². The number of hydrogen-bond donors (Lipinski definition) is 2. The number of anilines is 1. The van der Waals surface area contributed by atoms with Crippen molar-refractivity contribution in [2.24, 2.45) is 0 Å². The topological polar surface area (TPSA) is 55.1 Å². The van der Waals surface area contributed by atoms with Gasteiger partial charge in [0.15, 0.2) is 0 Å². The number of halogens is 1. The second-order valence-corrected chi connectivity index (χ2v) is 4.40. The molecule has 0 spiro atoms. The molecule has 0 aliphatic carbocycles. The summed E-state index contributed by atoms with van der Waals surface area (Å²) in [6, 6.07) is 15.2. The van der Waals surface area contributed by atoms with Crippen LogP contribution in [0.1, 0.15) is 11.1 Å². The molecule has 0 radical (unpaired) electrons. The van der Waals surface area contributed by atoms with Crippen LogP contribution in [0.4, 0.5) is 5.69 Å². The Morgan fingerprint density at radius 3 is 2.42 bits per heavy atom. The van der Waals surface area contributed by atoms with Gasteiger partial charge < -0.3 is 11.1 Å². The van der Waals surface area contributed by atoms with Gasteiger partial charge in [-0.05, 0) is 36.2 Å². The molecule has 0 fully saturated rings. The molecule has 0 saturated carbocycles. The Morgan fingerprint density at radius 1 is 1.21 bits per heavy atom. The third kappa shape index (κ3) is 5.93. The number of carbonyl (C=O) groups excluding carboxylic acids is 1. The molecule has 3 N–H and O–H groups in total. The average Bonchev–Trinajstić information content (AvgIpc) is 2.43. The van der Waals surface area contributed by atoms with Crippen LogP contribution in [0.25, 0.3) is 0 Å². The zero-order valence-electron chi connectivity index (χ0n) is 10.8. The molecule has 0 heterocycles. The lowest BCUT2D eigenvalue weighted by Crippen LogP contribution is -2.09. The van der Waals surface area contributed by atoms with Crippen molar-refractivity contribution in [2.75, 3.05) is 5.73 Å². The highest BCUT2D eigenvalue weighted by Gasteiger charge is 1.91. The zero-order valence-corrected chi connectivity index (χ0v) is 11.5. The lowest BCUT2D eigenvalue weighted by Gasteiger charge is -1.96. The van der Waals surface area contributed by atoms with E-state index in [9.17, 15) is 4.79 Å². The Labute approximate surface area is 118 Å². The first kappa shape index (κ1) is 15.1. The first-order chi connectivity index (χ1) is 9.13. The minimum Gasteiger partial charge on any atom is -0.399 e. The van der Waals surface area contributed by atoms with E-state index in [0.717, 1.165) is 21.8 Å². The number of benzene rings is 2. The summed E-state index contributed by atoms with van der Waals surface area (Å²) in [5, 5.41) is 3.35. The number of carbonyl (C=O) groups is 1. The summed E-state index contributed by atoms with van der Waals surface area (Å²) in [6.07, 6.45) is 0.701. The zero-order chi connectivity index (χ0) is 14.1. The van der Waals surface area contributed by atoms with Gasteiger partial charge in [0.1, 0.15) is 0 Å². The molecule has 0 atom stereocenters. The molecule has 19 heavy (non-hydrogen) atoms. The van der Waals surface area contributed by atoms with Gasteiger partial charge in [-0.25, -0.2) is 0 Å². The van der Waals surface area contributed by atoms with Gasteiger partial charge in [-0.3, -0.25) is 4.79 Å². The molecule has 2 aromatic carbocycles.